The first kappa shape index (κ1) is 14.6. The van der Waals surface area contributed by atoms with Gasteiger partial charge in [-0.2, -0.15) is 0 Å². The van der Waals surface area contributed by atoms with E-state index in [4.69, 9.17) is 5.73 Å². The van der Waals surface area contributed by atoms with Crippen LogP contribution in [0.25, 0.3) is 0 Å². The van der Waals surface area contributed by atoms with E-state index in [2.05, 4.69) is 23.1 Å². The average molecular weight is 286 g/mol. The van der Waals surface area contributed by atoms with E-state index in [0.29, 0.717) is 0 Å². The molecule has 2 N–H and O–H groups in total. The van der Waals surface area contributed by atoms with E-state index in [1.54, 1.807) is 0 Å². The molecule has 1 aromatic carbocycles. The molecule has 1 heterocycles. The van der Waals surface area contributed by atoms with Gasteiger partial charge in [0.2, 0.25) is 5.91 Å². The first-order valence-electron chi connectivity index (χ1n) is 8.37. The number of carbonyl (C=O) groups excluding carboxylic acids is 1. The highest BCUT2D eigenvalue weighted by atomic mass is 16.1. The molecule has 1 amide bonds. The van der Waals surface area contributed by atoms with Gasteiger partial charge >= 0.3 is 0 Å². The first-order chi connectivity index (χ1) is 10.2. The summed E-state index contributed by atoms with van der Waals surface area (Å²) in [6, 6.07) is 6.66. The van der Waals surface area contributed by atoms with Crippen LogP contribution >= 0.6 is 0 Å². The Labute approximate surface area is 127 Å². The van der Waals surface area contributed by atoms with Crippen LogP contribution in [0.2, 0.25) is 0 Å². The maximum absolute atomic E-state index is 11.6. The fraction of sp³-hybridized carbons (Fsp3) is 0.611. The van der Waals surface area contributed by atoms with Crippen molar-refractivity contribution in [1.29, 1.82) is 0 Å². The van der Waals surface area contributed by atoms with Crippen molar-refractivity contribution in [3.8, 4) is 0 Å². The van der Waals surface area contributed by atoms with E-state index >= 15 is 0 Å². The summed E-state index contributed by atoms with van der Waals surface area (Å²) in [5.74, 6) is -0.239. The highest BCUT2D eigenvalue weighted by molar-refractivity contribution is 5.82. The molecule has 0 saturated carbocycles. The van der Waals surface area contributed by atoms with Crippen molar-refractivity contribution in [2.24, 2.45) is 5.73 Å². The van der Waals surface area contributed by atoms with Gasteiger partial charge in [-0.1, -0.05) is 31.0 Å². The first-order valence-corrected chi connectivity index (χ1v) is 8.37. The summed E-state index contributed by atoms with van der Waals surface area (Å²) in [6.45, 7) is 3.50. The van der Waals surface area contributed by atoms with Gasteiger partial charge in [0.15, 0.2) is 0 Å². The van der Waals surface area contributed by atoms with Crippen molar-refractivity contribution in [1.82, 2.24) is 4.90 Å². The normalized spacial score (nSPS) is 23.3. The van der Waals surface area contributed by atoms with Crippen molar-refractivity contribution >= 4 is 5.91 Å². The summed E-state index contributed by atoms with van der Waals surface area (Å²) in [5, 5.41) is 0. The van der Waals surface area contributed by atoms with Crippen LogP contribution in [0.15, 0.2) is 18.2 Å². The van der Waals surface area contributed by atoms with Gasteiger partial charge in [0, 0.05) is 6.54 Å². The van der Waals surface area contributed by atoms with E-state index in [-0.39, 0.29) is 11.8 Å². The number of primary amides is 1. The number of fused-ring (bicyclic) bond motifs is 1. The Kier molecular flexibility index (Phi) is 4.59. The minimum Gasteiger partial charge on any atom is -0.369 e. The highest BCUT2D eigenvalue weighted by Crippen LogP contribution is 2.32. The molecule has 1 aliphatic carbocycles. The molecule has 2 aliphatic rings. The van der Waals surface area contributed by atoms with Crippen LogP contribution in [0.4, 0.5) is 0 Å². The van der Waals surface area contributed by atoms with Crippen molar-refractivity contribution in [2.75, 3.05) is 13.1 Å². The molecule has 1 fully saturated rings. The number of rotatable bonds is 3. The molecule has 1 saturated heterocycles. The minimum atomic E-state index is -0.170. The monoisotopic (exact) mass is 286 g/mol. The summed E-state index contributed by atoms with van der Waals surface area (Å²) in [7, 11) is 0. The molecule has 3 rings (SSSR count). The lowest BCUT2D eigenvalue weighted by Crippen LogP contribution is -2.26. The molecule has 1 aromatic rings. The second-order valence-electron chi connectivity index (χ2n) is 6.57. The van der Waals surface area contributed by atoms with Gasteiger partial charge in [-0.3, -0.25) is 9.69 Å². The summed E-state index contributed by atoms with van der Waals surface area (Å²) in [6.07, 6.45) is 8.49. The lowest BCUT2D eigenvalue weighted by atomic mass is 9.81. The molecule has 114 valence electrons. The SMILES string of the molecule is NC(=O)[C@H]1CCCc2cc(CN3CCCCCC3)ccc21. The van der Waals surface area contributed by atoms with Gasteiger partial charge in [-0.25, -0.2) is 0 Å². The second kappa shape index (κ2) is 6.61. The van der Waals surface area contributed by atoms with Crippen LogP contribution < -0.4 is 5.73 Å². The molecule has 0 radical (unpaired) electrons. The molecule has 0 unspecified atom stereocenters. The molecule has 3 heteroatoms. The zero-order valence-electron chi connectivity index (χ0n) is 12.8. The van der Waals surface area contributed by atoms with Crippen molar-refractivity contribution in [3.63, 3.8) is 0 Å². The van der Waals surface area contributed by atoms with Gasteiger partial charge in [-0.05, 0) is 61.9 Å². The Bertz CT molecular complexity index is 504. The topological polar surface area (TPSA) is 46.3 Å². The van der Waals surface area contributed by atoms with Crippen LogP contribution in [-0.2, 0) is 17.8 Å². The standard InChI is InChI=1S/C18H26N2O/c19-18(21)17-7-5-6-15-12-14(8-9-16(15)17)13-20-10-3-1-2-4-11-20/h8-9,12,17H,1-7,10-11,13H2,(H2,19,21)/t17-/m0/s1. The van der Waals surface area contributed by atoms with Crippen LogP contribution in [0.5, 0.6) is 0 Å². The number of benzene rings is 1. The van der Waals surface area contributed by atoms with Crippen molar-refractivity contribution < 1.29 is 4.79 Å². The Morgan fingerprint density at radius 1 is 1.14 bits per heavy atom. The highest BCUT2D eigenvalue weighted by Gasteiger charge is 2.24. The number of hydrogen-bond donors (Lipinski definition) is 1. The zero-order chi connectivity index (χ0) is 14.7. The molecular weight excluding hydrogens is 260 g/mol. The third kappa shape index (κ3) is 3.46. The van der Waals surface area contributed by atoms with Crippen molar-refractivity contribution in [3.05, 3.63) is 34.9 Å². The number of likely N-dealkylation sites (tertiary alicyclic amines) is 1. The fourth-order valence-electron chi connectivity index (χ4n) is 3.81. The van der Waals surface area contributed by atoms with Gasteiger partial charge in [0.25, 0.3) is 0 Å². The molecule has 1 atom stereocenters. The molecule has 0 spiro atoms. The van der Waals surface area contributed by atoms with Crippen LogP contribution in [0.1, 0.15) is 61.1 Å². The van der Waals surface area contributed by atoms with Gasteiger partial charge in [-0.15, -0.1) is 0 Å². The van der Waals surface area contributed by atoms with Gasteiger partial charge in [0.1, 0.15) is 0 Å². The zero-order valence-corrected chi connectivity index (χ0v) is 12.8. The maximum Gasteiger partial charge on any atom is 0.224 e. The molecular formula is C18H26N2O. The maximum atomic E-state index is 11.6. The van der Waals surface area contributed by atoms with E-state index < -0.39 is 0 Å². The number of aryl methyl sites for hydroxylation is 1. The minimum absolute atomic E-state index is 0.0685. The number of amides is 1. The molecule has 21 heavy (non-hydrogen) atoms. The molecule has 1 aliphatic heterocycles. The third-order valence-corrected chi connectivity index (χ3v) is 4.97. The van der Waals surface area contributed by atoms with Crippen LogP contribution in [0.3, 0.4) is 0 Å². The number of nitrogens with two attached hydrogens (primary N) is 1. The van der Waals surface area contributed by atoms with Crippen LogP contribution in [-0.4, -0.2) is 23.9 Å². The quantitative estimate of drug-likeness (QED) is 0.928. The van der Waals surface area contributed by atoms with Crippen molar-refractivity contribution in [2.45, 2.75) is 57.4 Å². The lowest BCUT2D eigenvalue weighted by Gasteiger charge is -2.25. The Balaban J connectivity index is 1.74. The smallest absolute Gasteiger partial charge is 0.224 e. The molecule has 3 nitrogen and oxygen atoms in total. The van der Waals surface area contributed by atoms with Gasteiger partial charge in [0.05, 0.1) is 5.92 Å². The summed E-state index contributed by atoms with van der Waals surface area (Å²) >= 11 is 0. The fourth-order valence-corrected chi connectivity index (χ4v) is 3.81. The summed E-state index contributed by atoms with van der Waals surface area (Å²) < 4.78 is 0. The second-order valence-corrected chi connectivity index (χ2v) is 6.57. The van der Waals surface area contributed by atoms with E-state index in [1.165, 1.54) is 55.5 Å². The number of carbonyl (C=O) groups is 1. The Morgan fingerprint density at radius 2 is 1.90 bits per heavy atom. The largest absolute Gasteiger partial charge is 0.369 e. The third-order valence-electron chi connectivity index (χ3n) is 4.97. The molecule has 0 bridgehead atoms. The summed E-state index contributed by atoms with van der Waals surface area (Å²) in [5.41, 5.74) is 9.45. The predicted octanol–water partition coefficient (Wildman–Crippen LogP) is 2.97. The average Bonchev–Trinajstić information content (AvgIpc) is 2.75. The van der Waals surface area contributed by atoms with Crippen LogP contribution in [0, 0.1) is 0 Å². The lowest BCUT2D eigenvalue weighted by molar-refractivity contribution is -0.119. The number of nitrogens with zero attached hydrogens (tertiary/aromatic N) is 1. The Morgan fingerprint density at radius 3 is 2.62 bits per heavy atom. The van der Waals surface area contributed by atoms with E-state index in [0.717, 1.165) is 25.8 Å². The van der Waals surface area contributed by atoms with E-state index in [1.807, 2.05) is 0 Å². The summed E-state index contributed by atoms with van der Waals surface area (Å²) in [4.78, 5) is 14.1. The van der Waals surface area contributed by atoms with Gasteiger partial charge < -0.3 is 5.73 Å². The van der Waals surface area contributed by atoms with E-state index in [9.17, 15) is 4.79 Å². The predicted molar refractivity (Wildman–Crippen MR) is 85.1 cm³/mol. The number of hydrogen-bond acceptors (Lipinski definition) is 2. The molecule has 0 aromatic heterocycles. The Hall–Kier alpha value is -1.35.